The molecule has 5 nitrogen and oxygen atoms in total. The van der Waals surface area contributed by atoms with Crippen LogP contribution >= 0.6 is 0 Å². The highest BCUT2D eigenvalue weighted by Gasteiger charge is 2.44. The van der Waals surface area contributed by atoms with Gasteiger partial charge in [-0.1, -0.05) is 54.1 Å². The number of aryl methyl sites for hydroxylation is 1. The summed E-state index contributed by atoms with van der Waals surface area (Å²) in [5, 5.41) is 13.4. The maximum atomic E-state index is 12.3. The number of anilines is 2. The van der Waals surface area contributed by atoms with Crippen LogP contribution in [0.15, 0.2) is 66.7 Å². The fourth-order valence-corrected chi connectivity index (χ4v) is 4.41. The Morgan fingerprint density at radius 1 is 1.03 bits per heavy atom. The third-order valence-corrected chi connectivity index (χ3v) is 6.07. The van der Waals surface area contributed by atoms with Gasteiger partial charge in [0, 0.05) is 45.1 Å². The zero-order valence-electron chi connectivity index (χ0n) is 18.9. The molecule has 4 rings (SSSR count). The Morgan fingerprint density at radius 3 is 2.38 bits per heavy atom. The van der Waals surface area contributed by atoms with Crippen LogP contribution in [0, 0.1) is 6.92 Å². The Kier molecular flexibility index (Phi) is 6.08. The monoisotopic (exact) mass is 430 g/mol. The zero-order valence-corrected chi connectivity index (χ0v) is 18.9. The molecule has 0 bridgehead atoms. The number of carboxylic acid groups (broad SMARTS) is 1. The van der Waals surface area contributed by atoms with E-state index in [0.717, 1.165) is 34.7 Å². The van der Waals surface area contributed by atoms with Crippen LogP contribution in [-0.2, 0) is 24.1 Å². The van der Waals surface area contributed by atoms with Crippen molar-refractivity contribution in [1.29, 1.82) is 0 Å². The molecule has 0 heterocycles. The van der Waals surface area contributed by atoms with Crippen LogP contribution in [-0.4, -0.2) is 37.3 Å². The highest BCUT2D eigenvalue weighted by atomic mass is 16.5. The average Bonchev–Trinajstić information content (AvgIpc) is 3.13. The van der Waals surface area contributed by atoms with E-state index in [4.69, 9.17) is 4.74 Å². The molecule has 1 aliphatic carbocycles. The molecule has 5 heteroatoms. The number of nitrogens with one attached hydrogen (secondary N) is 1. The molecule has 0 aromatic heterocycles. The van der Waals surface area contributed by atoms with Crippen LogP contribution in [0.4, 0.5) is 11.4 Å². The summed E-state index contributed by atoms with van der Waals surface area (Å²) in [6.45, 7) is 2.63. The van der Waals surface area contributed by atoms with Crippen molar-refractivity contribution in [3.63, 3.8) is 0 Å². The molecule has 0 saturated heterocycles. The normalized spacial score (nSPS) is 14.0. The lowest BCUT2D eigenvalue weighted by Crippen LogP contribution is -2.47. The second-order valence-corrected chi connectivity index (χ2v) is 8.80. The Bertz CT molecular complexity index is 1100. The van der Waals surface area contributed by atoms with Crippen molar-refractivity contribution >= 4 is 17.3 Å². The van der Waals surface area contributed by atoms with Crippen molar-refractivity contribution in [2.45, 2.75) is 31.7 Å². The Hall–Kier alpha value is -3.47. The van der Waals surface area contributed by atoms with Gasteiger partial charge in [-0.25, -0.2) is 4.79 Å². The van der Waals surface area contributed by atoms with Crippen molar-refractivity contribution in [3.8, 4) is 5.75 Å². The van der Waals surface area contributed by atoms with Gasteiger partial charge in [-0.2, -0.15) is 0 Å². The highest BCUT2D eigenvalue weighted by molar-refractivity contribution is 5.85. The van der Waals surface area contributed by atoms with E-state index in [1.165, 1.54) is 11.1 Å². The van der Waals surface area contributed by atoms with E-state index < -0.39 is 11.5 Å². The van der Waals surface area contributed by atoms with Crippen LogP contribution in [0.5, 0.6) is 5.75 Å². The number of fused-ring (bicyclic) bond motifs is 1. The summed E-state index contributed by atoms with van der Waals surface area (Å²) in [7, 11) is 3.95. The molecule has 0 unspecified atom stereocenters. The molecule has 0 saturated carbocycles. The first kappa shape index (κ1) is 21.8. The summed E-state index contributed by atoms with van der Waals surface area (Å²) < 4.78 is 6.17. The van der Waals surface area contributed by atoms with Crippen LogP contribution < -0.4 is 15.0 Å². The lowest BCUT2D eigenvalue weighted by molar-refractivity contribution is -0.142. The minimum absolute atomic E-state index is 0.456. The molecule has 0 amide bonds. The number of carbonyl (C=O) groups is 1. The number of hydrogen-bond acceptors (Lipinski definition) is 4. The van der Waals surface area contributed by atoms with Gasteiger partial charge in [0.2, 0.25) is 0 Å². The number of benzene rings is 3. The van der Waals surface area contributed by atoms with E-state index >= 15 is 0 Å². The molecule has 0 spiro atoms. The first-order chi connectivity index (χ1) is 15.4. The first-order valence-electron chi connectivity index (χ1n) is 10.9. The van der Waals surface area contributed by atoms with Crippen molar-refractivity contribution < 1.29 is 14.6 Å². The molecule has 3 aromatic rings. The molecule has 0 fully saturated rings. The smallest absolute Gasteiger partial charge is 0.330 e. The Morgan fingerprint density at radius 2 is 1.75 bits per heavy atom. The van der Waals surface area contributed by atoms with Gasteiger partial charge in [0.1, 0.15) is 11.3 Å². The molecule has 3 aromatic carbocycles. The maximum Gasteiger partial charge on any atom is 0.330 e. The molecule has 32 heavy (non-hydrogen) atoms. The van der Waals surface area contributed by atoms with Crippen LogP contribution in [0.3, 0.4) is 0 Å². The number of aliphatic carboxylic acids is 1. The topological polar surface area (TPSA) is 61.8 Å². The van der Waals surface area contributed by atoms with Crippen LogP contribution in [0.1, 0.15) is 22.3 Å². The SMILES string of the molecule is Cc1cccc(CCOc2cc(NC3(C(=O)O)Cc4ccccc4C3)ccc2N(C)C)c1. The van der Waals surface area contributed by atoms with Gasteiger partial charge in [-0.05, 0) is 35.7 Å². The number of ether oxygens (including phenoxy) is 1. The molecule has 0 radical (unpaired) electrons. The van der Waals surface area contributed by atoms with Gasteiger partial charge in [0.15, 0.2) is 0 Å². The summed E-state index contributed by atoms with van der Waals surface area (Å²) in [5.74, 6) is -0.101. The Balaban J connectivity index is 1.54. The van der Waals surface area contributed by atoms with E-state index in [1.807, 2.05) is 61.5 Å². The standard InChI is InChI=1S/C27H30N2O3/c1-19-7-6-8-20(15-19)13-14-32-25-16-23(11-12-24(25)29(2)3)28-27(26(30)31)17-21-9-4-5-10-22(21)18-27/h4-12,15-16,28H,13-14,17-18H2,1-3H3,(H,30,31). The number of rotatable bonds is 8. The van der Waals surface area contributed by atoms with E-state index in [1.54, 1.807) is 0 Å². The largest absolute Gasteiger partial charge is 0.491 e. The molecular weight excluding hydrogens is 400 g/mol. The van der Waals surface area contributed by atoms with Gasteiger partial charge in [0.05, 0.1) is 12.3 Å². The van der Waals surface area contributed by atoms with E-state index in [2.05, 4.69) is 36.5 Å². The molecular formula is C27H30N2O3. The Labute approximate surface area is 189 Å². The van der Waals surface area contributed by atoms with Gasteiger partial charge in [-0.15, -0.1) is 0 Å². The number of carboxylic acids is 1. The van der Waals surface area contributed by atoms with E-state index in [9.17, 15) is 9.90 Å². The van der Waals surface area contributed by atoms with E-state index in [0.29, 0.717) is 19.4 Å². The fourth-order valence-electron chi connectivity index (χ4n) is 4.41. The van der Waals surface area contributed by atoms with Gasteiger partial charge < -0.3 is 20.1 Å². The minimum Gasteiger partial charge on any atom is -0.491 e. The van der Waals surface area contributed by atoms with Gasteiger partial charge in [0.25, 0.3) is 0 Å². The van der Waals surface area contributed by atoms with Crippen molar-refractivity contribution in [2.75, 3.05) is 30.9 Å². The molecule has 0 atom stereocenters. The van der Waals surface area contributed by atoms with Crippen molar-refractivity contribution in [1.82, 2.24) is 0 Å². The fraction of sp³-hybridized carbons (Fsp3) is 0.296. The summed E-state index contributed by atoms with van der Waals surface area (Å²) in [6, 6.07) is 22.2. The minimum atomic E-state index is -1.05. The quantitative estimate of drug-likeness (QED) is 0.542. The van der Waals surface area contributed by atoms with Gasteiger partial charge >= 0.3 is 5.97 Å². The third-order valence-electron chi connectivity index (χ3n) is 6.07. The van der Waals surface area contributed by atoms with Crippen molar-refractivity contribution in [3.05, 3.63) is 89.0 Å². The number of hydrogen-bond donors (Lipinski definition) is 2. The lowest BCUT2D eigenvalue weighted by atomic mass is 9.95. The molecule has 1 aliphatic rings. The molecule has 166 valence electrons. The number of nitrogens with zero attached hydrogens (tertiary/aromatic N) is 1. The summed E-state index contributed by atoms with van der Waals surface area (Å²) >= 11 is 0. The second-order valence-electron chi connectivity index (χ2n) is 8.80. The highest BCUT2D eigenvalue weighted by Crippen LogP contribution is 2.36. The van der Waals surface area contributed by atoms with Crippen molar-refractivity contribution in [2.24, 2.45) is 0 Å². The summed E-state index contributed by atoms with van der Waals surface area (Å²) in [4.78, 5) is 14.3. The first-order valence-corrected chi connectivity index (χ1v) is 10.9. The predicted molar refractivity (Wildman–Crippen MR) is 129 cm³/mol. The van der Waals surface area contributed by atoms with Crippen LogP contribution in [0.2, 0.25) is 0 Å². The summed E-state index contributed by atoms with van der Waals surface area (Å²) in [5.41, 5.74) is 5.29. The average molecular weight is 431 g/mol. The molecule has 0 aliphatic heterocycles. The third kappa shape index (κ3) is 4.57. The van der Waals surface area contributed by atoms with Gasteiger partial charge in [-0.3, -0.25) is 0 Å². The predicted octanol–water partition coefficient (Wildman–Crippen LogP) is 4.72. The second kappa shape index (κ2) is 8.95. The zero-order chi connectivity index (χ0) is 22.7. The summed E-state index contributed by atoms with van der Waals surface area (Å²) in [6.07, 6.45) is 1.72. The van der Waals surface area contributed by atoms with E-state index in [-0.39, 0.29) is 0 Å². The molecule has 2 N–H and O–H groups in total. The van der Waals surface area contributed by atoms with Crippen LogP contribution in [0.25, 0.3) is 0 Å². The lowest BCUT2D eigenvalue weighted by Gasteiger charge is -2.28. The maximum absolute atomic E-state index is 12.3.